The minimum absolute atomic E-state index is 0.104. The van der Waals surface area contributed by atoms with Crippen molar-refractivity contribution < 1.29 is 9.90 Å². The number of urea groups is 1. The van der Waals surface area contributed by atoms with E-state index in [1.807, 2.05) is 24.3 Å². The van der Waals surface area contributed by atoms with Crippen molar-refractivity contribution in [2.45, 2.75) is 50.7 Å². The van der Waals surface area contributed by atoms with Crippen molar-refractivity contribution in [3.8, 4) is 0 Å². The number of halogens is 1. The molecule has 2 rings (SSSR count). The molecule has 0 spiro atoms. The van der Waals surface area contributed by atoms with E-state index in [2.05, 4.69) is 10.6 Å². The largest absolute Gasteiger partial charge is 0.393 e. The minimum atomic E-state index is -0.189. The first-order valence-corrected chi connectivity index (χ1v) is 7.98. The lowest BCUT2D eigenvalue weighted by Crippen LogP contribution is -2.44. The predicted molar refractivity (Wildman–Crippen MR) is 84.6 cm³/mol. The average molecular weight is 311 g/mol. The number of aliphatic hydroxyl groups is 1. The standard InChI is InChI=1S/C16H23ClN2O2/c17-13-5-3-12(4-6-13)2-1-11-18-16(21)19-14-7-9-15(20)10-8-14/h3-6,14-15,20H,1-2,7-11H2,(H2,18,19,21). The lowest BCUT2D eigenvalue weighted by atomic mass is 9.93. The van der Waals surface area contributed by atoms with E-state index in [0.29, 0.717) is 6.54 Å². The van der Waals surface area contributed by atoms with Crippen molar-refractivity contribution in [1.29, 1.82) is 0 Å². The molecule has 1 aliphatic carbocycles. The number of aliphatic hydroxyl groups excluding tert-OH is 1. The molecule has 0 saturated heterocycles. The topological polar surface area (TPSA) is 61.4 Å². The fraction of sp³-hybridized carbons (Fsp3) is 0.562. The highest BCUT2D eigenvalue weighted by Crippen LogP contribution is 2.18. The third-order valence-electron chi connectivity index (χ3n) is 3.87. The first kappa shape index (κ1) is 16.1. The summed E-state index contributed by atoms with van der Waals surface area (Å²) in [6.07, 6.45) is 4.92. The highest BCUT2D eigenvalue weighted by atomic mass is 35.5. The molecule has 2 amide bonds. The second-order valence-corrected chi connectivity index (χ2v) is 6.07. The van der Waals surface area contributed by atoms with Gasteiger partial charge in [0.1, 0.15) is 0 Å². The molecule has 0 unspecified atom stereocenters. The van der Waals surface area contributed by atoms with Crippen molar-refractivity contribution in [2.24, 2.45) is 0 Å². The van der Waals surface area contributed by atoms with Crippen LogP contribution < -0.4 is 10.6 Å². The molecule has 5 heteroatoms. The molecule has 0 heterocycles. The summed E-state index contributed by atoms with van der Waals surface area (Å²) in [5.74, 6) is 0. The van der Waals surface area contributed by atoms with Crippen LogP contribution >= 0.6 is 11.6 Å². The van der Waals surface area contributed by atoms with Gasteiger partial charge in [0.05, 0.1) is 6.10 Å². The predicted octanol–water partition coefficient (Wildman–Crippen LogP) is 2.88. The van der Waals surface area contributed by atoms with E-state index < -0.39 is 0 Å². The lowest BCUT2D eigenvalue weighted by molar-refractivity contribution is 0.117. The Morgan fingerprint density at radius 3 is 2.52 bits per heavy atom. The van der Waals surface area contributed by atoms with E-state index in [-0.39, 0.29) is 18.2 Å². The molecular formula is C16H23ClN2O2. The Balaban J connectivity index is 1.58. The van der Waals surface area contributed by atoms with Gasteiger partial charge in [-0.15, -0.1) is 0 Å². The second kappa shape index (κ2) is 8.25. The van der Waals surface area contributed by atoms with Crippen LogP contribution in [0.3, 0.4) is 0 Å². The van der Waals surface area contributed by atoms with Crippen molar-refractivity contribution >= 4 is 17.6 Å². The van der Waals surface area contributed by atoms with Gasteiger partial charge in [0, 0.05) is 17.6 Å². The molecule has 1 aromatic carbocycles. The van der Waals surface area contributed by atoms with E-state index in [1.165, 1.54) is 5.56 Å². The van der Waals surface area contributed by atoms with Crippen LogP contribution in [0.1, 0.15) is 37.7 Å². The number of aryl methyl sites for hydroxylation is 1. The quantitative estimate of drug-likeness (QED) is 0.732. The smallest absolute Gasteiger partial charge is 0.315 e. The number of carbonyl (C=O) groups excluding carboxylic acids is 1. The van der Waals surface area contributed by atoms with Gasteiger partial charge in [-0.2, -0.15) is 0 Å². The molecule has 0 aliphatic heterocycles. The van der Waals surface area contributed by atoms with Crippen LogP contribution in [0.15, 0.2) is 24.3 Å². The third-order valence-corrected chi connectivity index (χ3v) is 4.12. The molecule has 1 fully saturated rings. The van der Waals surface area contributed by atoms with Crippen LogP contribution in [0.5, 0.6) is 0 Å². The summed E-state index contributed by atoms with van der Waals surface area (Å²) in [6, 6.07) is 7.88. The van der Waals surface area contributed by atoms with Gasteiger partial charge in [0.2, 0.25) is 0 Å². The van der Waals surface area contributed by atoms with Gasteiger partial charge in [-0.1, -0.05) is 23.7 Å². The maximum absolute atomic E-state index is 11.7. The van der Waals surface area contributed by atoms with Gasteiger partial charge >= 0.3 is 6.03 Å². The van der Waals surface area contributed by atoms with Gasteiger partial charge in [0.15, 0.2) is 0 Å². The van der Waals surface area contributed by atoms with Crippen molar-refractivity contribution in [1.82, 2.24) is 10.6 Å². The molecule has 1 aliphatic rings. The van der Waals surface area contributed by atoms with E-state index >= 15 is 0 Å². The summed E-state index contributed by atoms with van der Waals surface area (Å²) >= 11 is 5.84. The zero-order valence-electron chi connectivity index (χ0n) is 12.1. The van der Waals surface area contributed by atoms with Crippen LogP contribution in [0.4, 0.5) is 4.79 Å². The molecular weight excluding hydrogens is 288 g/mol. The Morgan fingerprint density at radius 1 is 1.19 bits per heavy atom. The summed E-state index contributed by atoms with van der Waals surface area (Å²) in [4.78, 5) is 11.7. The molecule has 21 heavy (non-hydrogen) atoms. The summed E-state index contributed by atoms with van der Waals surface area (Å²) in [5.41, 5.74) is 1.22. The van der Waals surface area contributed by atoms with Crippen LogP contribution in [-0.4, -0.2) is 29.8 Å². The maximum Gasteiger partial charge on any atom is 0.315 e. The highest BCUT2D eigenvalue weighted by molar-refractivity contribution is 6.30. The molecule has 116 valence electrons. The fourth-order valence-corrected chi connectivity index (χ4v) is 2.73. The van der Waals surface area contributed by atoms with Crippen molar-refractivity contribution in [2.75, 3.05) is 6.54 Å². The zero-order valence-corrected chi connectivity index (χ0v) is 12.9. The summed E-state index contributed by atoms with van der Waals surface area (Å²) in [6.45, 7) is 0.657. The van der Waals surface area contributed by atoms with Crippen molar-refractivity contribution in [3.63, 3.8) is 0 Å². The number of hydrogen-bond donors (Lipinski definition) is 3. The van der Waals surface area contributed by atoms with Crippen LogP contribution in [0.25, 0.3) is 0 Å². The Bertz CT molecular complexity index is 442. The van der Waals surface area contributed by atoms with E-state index in [0.717, 1.165) is 43.5 Å². The Labute approximate surface area is 130 Å². The maximum atomic E-state index is 11.7. The third kappa shape index (κ3) is 5.94. The summed E-state index contributed by atoms with van der Waals surface area (Å²) in [5, 5.41) is 16.0. The molecule has 0 radical (unpaired) electrons. The highest BCUT2D eigenvalue weighted by Gasteiger charge is 2.20. The van der Waals surface area contributed by atoms with Gasteiger partial charge in [-0.3, -0.25) is 0 Å². The van der Waals surface area contributed by atoms with Gasteiger partial charge in [-0.25, -0.2) is 4.79 Å². The van der Waals surface area contributed by atoms with Gasteiger partial charge in [-0.05, 0) is 56.2 Å². The molecule has 1 saturated carbocycles. The first-order chi connectivity index (χ1) is 10.1. The lowest BCUT2D eigenvalue weighted by Gasteiger charge is -2.26. The van der Waals surface area contributed by atoms with Crippen LogP contribution in [0.2, 0.25) is 5.02 Å². The number of hydrogen-bond acceptors (Lipinski definition) is 2. The molecule has 0 atom stereocenters. The van der Waals surface area contributed by atoms with Crippen LogP contribution in [0, 0.1) is 0 Å². The summed E-state index contributed by atoms with van der Waals surface area (Å²) < 4.78 is 0. The van der Waals surface area contributed by atoms with Gasteiger partial charge < -0.3 is 15.7 Å². The Kier molecular flexibility index (Phi) is 6.33. The molecule has 4 nitrogen and oxygen atoms in total. The Hall–Kier alpha value is -1.26. The molecule has 3 N–H and O–H groups in total. The minimum Gasteiger partial charge on any atom is -0.393 e. The number of amides is 2. The number of benzene rings is 1. The molecule has 1 aromatic rings. The van der Waals surface area contributed by atoms with E-state index in [4.69, 9.17) is 11.6 Å². The zero-order chi connectivity index (χ0) is 15.1. The molecule has 0 aromatic heterocycles. The SMILES string of the molecule is O=C(NCCCc1ccc(Cl)cc1)NC1CCC(O)CC1. The van der Waals surface area contributed by atoms with Gasteiger partial charge in [0.25, 0.3) is 0 Å². The number of rotatable bonds is 5. The molecule has 0 bridgehead atoms. The van der Waals surface area contributed by atoms with E-state index in [9.17, 15) is 9.90 Å². The van der Waals surface area contributed by atoms with E-state index in [1.54, 1.807) is 0 Å². The second-order valence-electron chi connectivity index (χ2n) is 5.64. The normalized spacial score (nSPS) is 21.8. The number of nitrogens with one attached hydrogen (secondary N) is 2. The summed E-state index contributed by atoms with van der Waals surface area (Å²) in [7, 11) is 0. The Morgan fingerprint density at radius 2 is 1.86 bits per heavy atom. The van der Waals surface area contributed by atoms with Crippen LogP contribution in [-0.2, 0) is 6.42 Å². The first-order valence-electron chi connectivity index (χ1n) is 7.60. The monoisotopic (exact) mass is 310 g/mol. The number of carbonyl (C=O) groups is 1. The average Bonchev–Trinajstić information content (AvgIpc) is 2.48. The fourth-order valence-electron chi connectivity index (χ4n) is 2.60. The van der Waals surface area contributed by atoms with Crippen molar-refractivity contribution in [3.05, 3.63) is 34.9 Å².